The smallest absolute Gasteiger partial charge is 0.232 e. The molecule has 0 bridgehead atoms. The van der Waals surface area contributed by atoms with Crippen LogP contribution in [0.4, 0.5) is 0 Å². The normalized spacial score (nSPS) is 17.0. The van der Waals surface area contributed by atoms with Gasteiger partial charge in [-0.05, 0) is 53.8 Å². The van der Waals surface area contributed by atoms with Crippen molar-refractivity contribution in [3.8, 4) is 11.5 Å². The highest BCUT2D eigenvalue weighted by atomic mass is 79.9. The zero-order chi connectivity index (χ0) is 20.0. The molecule has 4 nitrogen and oxygen atoms in total. The molecule has 3 heterocycles. The van der Waals surface area contributed by atoms with Crippen LogP contribution in [0.25, 0.3) is 6.08 Å². The zero-order valence-corrected chi connectivity index (χ0v) is 18.2. The van der Waals surface area contributed by atoms with Crippen LogP contribution in [0.15, 0.2) is 58.1 Å². The average molecular weight is 468 g/mol. The fourth-order valence-electron chi connectivity index (χ4n) is 3.71. The number of nitrogens with zero attached hydrogens (tertiary/aromatic N) is 1. The molecule has 0 aliphatic carbocycles. The molecule has 146 valence electrons. The predicted octanol–water partition coefficient (Wildman–Crippen LogP) is 5.79. The lowest BCUT2D eigenvalue weighted by Crippen LogP contribution is -2.31. The van der Waals surface area contributed by atoms with Crippen LogP contribution in [-0.4, -0.2) is 17.4 Å². The van der Waals surface area contributed by atoms with Crippen LogP contribution in [0.2, 0.25) is 0 Å². The van der Waals surface area contributed by atoms with Gasteiger partial charge < -0.3 is 9.47 Å². The molecule has 0 fully saturated rings. The van der Waals surface area contributed by atoms with Gasteiger partial charge in [0, 0.05) is 22.4 Å². The zero-order valence-electron chi connectivity index (χ0n) is 15.8. The molecule has 0 radical (unpaired) electrons. The fraction of sp³-hybridized carbons (Fsp3) is 0.174. The van der Waals surface area contributed by atoms with Gasteiger partial charge in [-0.25, -0.2) is 0 Å². The second-order valence-corrected chi connectivity index (χ2v) is 9.15. The number of Topliss-reactive ketones (excluding diaryl/α,β-unsaturated/α-hetero) is 1. The minimum Gasteiger partial charge on any atom is -0.478 e. The predicted molar refractivity (Wildman–Crippen MR) is 117 cm³/mol. The number of hydrogen-bond acceptors (Lipinski definition) is 5. The van der Waals surface area contributed by atoms with Gasteiger partial charge in [0.1, 0.15) is 18.2 Å². The molecule has 0 spiro atoms. The van der Waals surface area contributed by atoms with Crippen molar-refractivity contribution < 1.29 is 14.3 Å². The molecule has 0 N–H and O–H groups in total. The molecule has 2 aromatic carbocycles. The molecule has 29 heavy (non-hydrogen) atoms. The average Bonchev–Trinajstić information content (AvgIpc) is 3.33. The Hall–Kier alpha value is -2.41. The minimum atomic E-state index is -0.0707. The van der Waals surface area contributed by atoms with Gasteiger partial charge in [-0.2, -0.15) is 0 Å². The van der Waals surface area contributed by atoms with Crippen LogP contribution >= 0.6 is 27.3 Å². The van der Waals surface area contributed by atoms with Crippen LogP contribution in [0, 0.1) is 6.92 Å². The Bertz CT molecular complexity index is 1120. The standard InChI is InChI=1S/C23H18BrNO3S/c1-14-9-19-18(12-25(13-27-19)11-17-3-2-8-29-17)23-21(14)22(26)20(28-23)10-15-4-6-16(24)7-5-15/h2-10H,11-13H2,1H3/b20-10-. The summed E-state index contributed by atoms with van der Waals surface area (Å²) in [4.78, 5) is 16.6. The van der Waals surface area contributed by atoms with Crippen molar-refractivity contribution >= 4 is 39.1 Å². The molecule has 2 aliphatic heterocycles. The first-order valence-corrected chi connectivity index (χ1v) is 11.0. The molecular weight excluding hydrogens is 450 g/mol. The maximum atomic E-state index is 13.1. The molecule has 0 unspecified atom stereocenters. The van der Waals surface area contributed by atoms with E-state index in [0.717, 1.165) is 33.5 Å². The molecule has 0 saturated heterocycles. The maximum Gasteiger partial charge on any atom is 0.232 e. The monoisotopic (exact) mass is 467 g/mol. The molecule has 5 rings (SSSR count). The number of rotatable bonds is 3. The van der Waals surface area contributed by atoms with E-state index in [1.54, 1.807) is 17.4 Å². The van der Waals surface area contributed by atoms with Gasteiger partial charge in [-0.3, -0.25) is 9.69 Å². The molecule has 2 aliphatic rings. The van der Waals surface area contributed by atoms with Crippen molar-refractivity contribution in [2.45, 2.75) is 20.0 Å². The summed E-state index contributed by atoms with van der Waals surface area (Å²) in [6.45, 7) is 3.97. The van der Waals surface area contributed by atoms with Crippen LogP contribution in [0.1, 0.15) is 31.9 Å². The first-order chi connectivity index (χ1) is 14.1. The molecule has 0 atom stereocenters. The summed E-state index contributed by atoms with van der Waals surface area (Å²) in [5.41, 5.74) is 3.40. The number of halogens is 1. The van der Waals surface area contributed by atoms with E-state index in [1.165, 1.54) is 4.88 Å². The molecule has 0 amide bonds. The number of benzene rings is 2. The lowest BCUT2D eigenvalue weighted by atomic mass is 9.98. The molecular formula is C23H18BrNO3S. The van der Waals surface area contributed by atoms with E-state index >= 15 is 0 Å². The van der Waals surface area contributed by atoms with Gasteiger partial charge in [0.15, 0.2) is 5.76 Å². The Balaban J connectivity index is 1.48. The summed E-state index contributed by atoms with van der Waals surface area (Å²) in [6, 6.07) is 13.9. The van der Waals surface area contributed by atoms with E-state index < -0.39 is 0 Å². The Morgan fingerprint density at radius 1 is 1.24 bits per heavy atom. The number of thiophene rings is 1. The van der Waals surface area contributed by atoms with Gasteiger partial charge in [0.2, 0.25) is 5.78 Å². The van der Waals surface area contributed by atoms with Crippen molar-refractivity contribution in [3.05, 3.63) is 85.2 Å². The molecule has 1 aromatic heterocycles. The summed E-state index contributed by atoms with van der Waals surface area (Å²) in [5, 5.41) is 2.08. The number of carbonyl (C=O) groups excluding carboxylic acids is 1. The van der Waals surface area contributed by atoms with Gasteiger partial charge in [0.25, 0.3) is 0 Å². The Labute approximate surface area is 181 Å². The summed E-state index contributed by atoms with van der Waals surface area (Å²) in [7, 11) is 0. The lowest BCUT2D eigenvalue weighted by molar-refractivity contribution is 0.0881. The quantitative estimate of drug-likeness (QED) is 0.457. The van der Waals surface area contributed by atoms with Crippen molar-refractivity contribution in [3.63, 3.8) is 0 Å². The van der Waals surface area contributed by atoms with E-state index in [2.05, 4.69) is 38.3 Å². The number of aryl methyl sites for hydroxylation is 1. The fourth-order valence-corrected chi connectivity index (χ4v) is 4.72. The minimum absolute atomic E-state index is 0.0707. The Morgan fingerprint density at radius 2 is 2.07 bits per heavy atom. The molecule has 0 saturated carbocycles. The largest absolute Gasteiger partial charge is 0.478 e. The van der Waals surface area contributed by atoms with Gasteiger partial charge >= 0.3 is 0 Å². The van der Waals surface area contributed by atoms with Crippen LogP contribution < -0.4 is 9.47 Å². The third-order valence-corrected chi connectivity index (χ3v) is 6.50. The number of allylic oxidation sites excluding steroid dienone is 1. The number of carbonyl (C=O) groups is 1. The number of hydrogen-bond donors (Lipinski definition) is 0. The van der Waals surface area contributed by atoms with Gasteiger partial charge in [-0.15, -0.1) is 11.3 Å². The first kappa shape index (κ1) is 18.6. The first-order valence-electron chi connectivity index (χ1n) is 9.32. The molecule has 6 heteroatoms. The van der Waals surface area contributed by atoms with E-state index in [-0.39, 0.29) is 5.78 Å². The van der Waals surface area contributed by atoms with Crippen LogP contribution in [-0.2, 0) is 13.1 Å². The second kappa shape index (κ2) is 7.44. The Kier molecular flexibility index (Phi) is 4.78. The van der Waals surface area contributed by atoms with E-state index in [9.17, 15) is 4.79 Å². The topological polar surface area (TPSA) is 38.8 Å². The third-order valence-electron chi connectivity index (χ3n) is 5.12. The Morgan fingerprint density at radius 3 is 2.83 bits per heavy atom. The van der Waals surface area contributed by atoms with Crippen molar-refractivity contribution in [1.82, 2.24) is 4.90 Å². The summed E-state index contributed by atoms with van der Waals surface area (Å²) < 4.78 is 13.1. The van der Waals surface area contributed by atoms with Gasteiger partial charge in [0.05, 0.1) is 11.1 Å². The number of fused-ring (bicyclic) bond motifs is 3. The highest BCUT2D eigenvalue weighted by Crippen LogP contribution is 2.44. The van der Waals surface area contributed by atoms with Crippen molar-refractivity contribution in [2.75, 3.05) is 6.73 Å². The number of ether oxygens (including phenoxy) is 2. The highest BCUT2D eigenvalue weighted by molar-refractivity contribution is 9.10. The van der Waals surface area contributed by atoms with E-state index in [0.29, 0.717) is 30.3 Å². The summed E-state index contributed by atoms with van der Waals surface area (Å²) >= 11 is 5.17. The molecule has 3 aromatic rings. The second-order valence-electron chi connectivity index (χ2n) is 7.21. The van der Waals surface area contributed by atoms with E-state index in [1.807, 2.05) is 37.3 Å². The maximum absolute atomic E-state index is 13.1. The number of ketones is 1. The van der Waals surface area contributed by atoms with Gasteiger partial charge in [-0.1, -0.05) is 34.1 Å². The van der Waals surface area contributed by atoms with E-state index in [4.69, 9.17) is 9.47 Å². The SMILES string of the molecule is Cc1cc2c(c3c1C(=O)/C(=C/c1ccc(Br)cc1)O3)CN(Cc1cccs1)CO2. The summed E-state index contributed by atoms with van der Waals surface area (Å²) in [6.07, 6.45) is 1.80. The van der Waals surface area contributed by atoms with Crippen LogP contribution in [0.3, 0.4) is 0 Å². The third kappa shape index (κ3) is 3.52. The highest BCUT2D eigenvalue weighted by Gasteiger charge is 2.35. The van der Waals surface area contributed by atoms with Crippen molar-refractivity contribution in [1.29, 1.82) is 0 Å². The summed E-state index contributed by atoms with van der Waals surface area (Å²) in [5.74, 6) is 1.73. The van der Waals surface area contributed by atoms with Crippen LogP contribution in [0.5, 0.6) is 11.5 Å². The van der Waals surface area contributed by atoms with Crippen molar-refractivity contribution in [2.24, 2.45) is 0 Å². The lowest BCUT2D eigenvalue weighted by Gasteiger charge is -2.29.